The van der Waals surface area contributed by atoms with Crippen molar-refractivity contribution in [3.8, 4) is 16.9 Å². The van der Waals surface area contributed by atoms with Crippen molar-refractivity contribution >= 4 is 11.7 Å². The fourth-order valence-corrected chi connectivity index (χ4v) is 3.32. The van der Waals surface area contributed by atoms with Gasteiger partial charge in [-0.1, -0.05) is 18.2 Å². The number of aryl methyl sites for hydroxylation is 1. The maximum absolute atomic E-state index is 11.0. The highest BCUT2D eigenvalue weighted by atomic mass is 16.5. The molecule has 1 heterocycles. The molecule has 0 atom stereocenters. The number of ether oxygens (including phenoxy) is 1. The zero-order valence-electron chi connectivity index (χ0n) is 16.1. The third kappa shape index (κ3) is 3.99. The summed E-state index contributed by atoms with van der Waals surface area (Å²) in [5, 5.41) is 22.6. The van der Waals surface area contributed by atoms with Crippen molar-refractivity contribution in [3.63, 3.8) is 0 Å². The van der Waals surface area contributed by atoms with Crippen LogP contribution in [0, 0.1) is 13.8 Å². The van der Waals surface area contributed by atoms with Crippen LogP contribution in [0.25, 0.3) is 11.1 Å². The number of anilines is 1. The molecule has 0 saturated carbocycles. The molecule has 0 amide bonds. The molecule has 7 heteroatoms. The average Bonchev–Trinajstić information content (AvgIpc) is 2.94. The van der Waals surface area contributed by atoms with E-state index in [0.717, 1.165) is 39.4 Å². The molecular weight excluding hydrogens is 358 g/mol. The Labute approximate surface area is 163 Å². The van der Waals surface area contributed by atoms with Gasteiger partial charge in [0.25, 0.3) is 0 Å². The fraction of sp³-hybridized carbons (Fsp3) is 0.238. The molecule has 28 heavy (non-hydrogen) atoms. The SMILES string of the molecule is COc1ccc(Cc2c(C)nn(CC(=O)O)c2C)cc1-c1cccc(NO)c1. The van der Waals surface area contributed by atoms with Gasteiger partial charge in [-0.3, -0.25) is 20.2 Å². The Bertz CT molecular complexity index is 1010. The second-order valence-electron chi connectivity index (χ2n) is 6.60. The van der Waals surface area contributed by atoms with Crippen LogP contribution in [0.1, 0.15) is 22.5 Å². The molecule has 1 aromatic heterocycles. The van der Waals surface area contributed by atoms with E-state index in [2.05, 4.69) is 10.6 Å². The Balaban J connectivity index is 1.98. The van der Waals surface area contributed by atoms with E-state index in [0.29, 0.717) is 12.1 Å². The molecule has 3 N–H and O–H groups in total. The number of aliphatic carboxylic acids is 1. The predicted octanol–water partition coefficient (Wildman–Crippen LogP) is 3.65. The maximum atomic E-state index is 11.0. The van der Waals surface area contributed by atoms with Crippen LogP contribution in [0.15, 0.2) is 42.5 Å². The van der Waals surface area contributed by atoms with Crippen molar-refractivity contribution in [2.24, 2.45) is 0 Å². The number of hydrogen-bond acceptors (Lipinski definition) is 5. The molecule has 0 bridgehead atoms. The van der Waals surface area contributed by atoms with Gasteiger partial charge in [-0.2, -0.15) is 5.10 Å². The van der Waals surface area contributed by atoms with E-state index in [1.54, 1.807) is 13.2 Å². The van der Waals surface area contributed by atoms with Gasteiger partial charge in [0.05, 0.1) is 18.5 Å². The number of aromatic nitrogens is 2. The third-order valence-electron chi connectivity index (χ3n) is 4.76. The normalized spacial score (nSPS) is 10.7. The van der Waals surface area contributed by atoms with Gasteiger partial charge >= 0.3 is 5.97 Å². The highest BCUT2D eigenvalue weighted by molar-refractivity contribution is 5.74. The van der Waals surface area contributed by atoms with E-state index in [-0.39, 0.29) is 6.54 Å². The molecule has 2 aromatic carbocycles. The topological polar surface area (TPSA) is 96.6 Å². The van der Waals surface area contributed by atoms with Crippen molar-refractivity contribution in [2.45, 2.75) is 26.8 Å². The largest absolute Gasteiger partial charge is 0.496 e. The molecule has 0 unspecified atom stereocenters. The Hall–Kier alpha value is -3.32. The van der Waals surface area contributed by atoms with Crippen LogP contribution < -0.4 is 10.2 Å². The Morgan fingerprint density at radius 1 is 1.21 bits per heavy atom. The minimum atomic E-state index is -0.916. The first-order valence-corrected chi connectivity index (χ1v) is 8.85. The summed E-state index contributed by atoms with van der Waals surface area (Å²) < 4.78 is 7.03. The smallest absolute Gasteiger partial charge is 0.325 e. The second kappa shape index (κ2) is 8.14. The van der Waals surface area contributed by atoms with Gasteiger partial charge in [0.15, 0.2) is 0 Å². The van der Waals surface area contributed by atoms with Gasteiger partial charge in [0, 0.05) is 23.2 Å². The number of nitrogens with zero attached hydrogens (tertiary/aromatic N) is 2. The van der Waals surface area contributed by atoms with E-state index in [4.69, 9.17) is 9.84 Å². The Kier molecular flexibility index (Phi) is 5.65. The van der Waals surface area contributed by atoms with E-state index in [1.165, 1.54) is 4.68 Å². The number of hydrogen-bond donors (Lipinski definition) is 3. The Morgan fingerprint density at radius 3 is 2.68 bits per heavy atom. The number of rotatable bonds is 7. The van der Waals surface area contributed by atoms with Gasteiger partial charge in [-0.15, -0.1) is 0 Å². The first kappa shape index (κ1) is 19.4. The van der Waals surface area contributed by atoms with Crippen LogP contribution in [0.4, 0.5) is 5.69 Å². The number of benzene rings is 2. The van der Waals surface area contributed by atoms with Gasteiger partial charge in [-0.25, -0.2) is 0 Å². The molecule has 146 valence electrons. The predicted molar refractivity (Wildman–Crippen MR) is 106 cm³/mol. The van der Waals surface area contributed by atoms with Crippen LogP contribution in [-0.4, -0.2) is 33.2 Å². The van der Waals surface area contributed by atoms with Gasteiger partial charge < -0.3 is 9.84 Å². The third-order valence-corrected chi connectivity index (χ3v) is 4.76. The second-order valence-corrected chi connectivity index (χ2v) is 6.60. The van der Waals surface area contributed by atoms with Crippen molar-refractivity contribution in [1.29, 1.82) is 0 Å². The molecule has 0 radical (unpaired) electrons. The molecule has 3 rings (SSSR count). The minimum absolute atomic E-state index is 0.151. The van der Waals surface area contributed by atoms with Crippen molar-refractivity contribution < 1.29 is 19.8 Å². The zero-order chi connectivity index (χ0) is 20.3. The van der Waals surface area contributed by atoms with Crippen LogP contribution in [0.3, 0.4) is 0 Å². The van der Waals surface area contributed by atoms with Crippen LogP contribution in [-0.2, 0) is 17.8 Å². The molecule has 0 fully saturated rings. The van der Waals surface area contributed by atoms with Crippen LogP contribution in [0.2, 0.25) is 0 Å². The lowest BCUT2D eigenvalue weighted by Crippen LogP contribution is -2.11. The summed E-state index contributed by atoms with van der Waals surface area (Å²) in [6, 6.07) is 13.4. The molecule has 7 nitrogen and oxygen atoms in total. The fourth-order valence-electron chi connectivity index (χ4n) is 3.32. The van der Waals surface area contributed by atoms with Gasteiger partial charge in [0.2, 0.25) is 0 Å². The number of methoxy groups -OCH3 is 1. The van der Waals surface area contributed by atoms with Crippen molar-refractivity contribution in [3.05, 3.63) is 65.0 Å². The molecule has 3 aromatic rings. The summed E-state index contributed by atoms with van der Waals surface area (Å²) in [5.41, 5.74) is 8.31. The average molecular weight is 381 g/mol. The minimum Gasteiger partial charge on any atom is -0.496 e. The maximum Gasteiger partial charge on any atom is 0.325 e. The van der Waals surface area contributed by atoms with Crippen molar-refractivity contribution in [2.75, 3.05) is 12.6 Å². The number of carboxylic acids is 1. The van der Waals surface area contributed by atoms with E-state index < -0.39 is 5.97 Å². The first-order chi connectivity index (χ1) is 13.4. The highest BCUT2D eigenvalue weighted by Crippen LogP contribution is 2.33. The Morgan fingerprint density at radius 2 is 2.00 bits per heavy atom. The lowest BCUT2D eigenvalue weighted by molar-refractivity contribution is -0.137. The number of carbonyl (C=O) groups is 1. The summed E-state index contributed by atoms with van der Waals surface area (Å²) in [6.07, 6.45) is 0.631. The standard InChI is InChI=1S/C21H23N3O4/c1-13-18(14(2)24(22-13)12-21(25)26)9-15-7-8-20(28-3)19(10-15)16-5-4-6-17(11-16)23-27/h4-8,10-11,23,27H,9,12H2,1-3H3,(H,25,26). The molecule has 0 aliphatic heterocycles. The monoisotopic (exact) mass is 381 g/mol. The summed E-state index contributed by atoms with van der Waals surface area (Å²) in [5.74, 6) is -0.185. The number of carboxylic acid groups (broad SMARTS) is 1. The summed E-state index contributed by atoms with van der Waals surface area (Å²) in [6.45, 7) is 3.63. The summed E-state index contributed by atoms with van der Waals surface area (Å²) in [7, 11) is 1.62. The lowest BCUT2D eigenvalue weighted by atomic mass is 9.97. The molecule has 0 spiro atoms. The zero-order valence-corrected chi connectivity index (χ0v) is 16.1. The number of nitrogens with one attached hydrogen (secondary N) is 1. The van der Waals surface area contributed by atoms with Crippen LogP contribution in [0.5, 0.6) is 5.75 Å². The lowest BCUT2D eigenvalue weighted by Gasteiger charge is -2.12. The molecule has 0 saturated heterocycles. The van der Waals surface area contributed by atoms with Crippen LogP contribution >= 0.6 is 0 Å². The van der Waals surface area contributed by atoms with Gasteiger partial charge in [0.1, 0.15) is 12.3 Å². The highest BCUT2D eigenvalue weighted by Gasteiger charge is 2.15. The van der Waals surface area contributed by atoms with Gasteiger partial charge in [-0.05, 0) is 49.2 Å². The molecule has 0 aliphatic rings. The van der Waals surface area contributed by atoms with E-state index >= 15 is 0 Å². The van der Waals surface area contributed by atoms with E-state index in [9.17, 15) is 10.0 Å². The first-order valence-electron chi connectivity index (χ1n) is 8.85. The molecule has 0 aliphatic carbocycles. The van der Waals surface area contributed by atoms with E-state index in [1.807, 2.05) is 50.2 Å². The molecular formula is C21H23N3O4. The van der Waals surface area contributed by atoms with Crippen molar-refractivity contribution in [1.82, 2.24) is 9.78 Å². The summed E-state index contributed by atoms with van der Waals surface area (Å²) >= 11 is 0. The quantitative estimate of drug-likeness (QED) is 0.541. The summed E-state index contributed by atoms with van der Waals surface area (Å²) in [4.78, 5) is 11.0.